The summed E-state index contributed by atoms with van der Waals surface area (Å²) in [6, 6.07) is 2.15. The molecule has 0 bridgehead atoms. The summed E-state index contributed by atoms with van der Waals surface area (Å²) in [4.78, 5) is 4.56. The SMILES string of the molecule is N#CC=C1CC=C2N=CC=CC3=CSCC32C1. The minimum absolute atomic E-state index is 0.0229. The molecule has 0 amide bonds. The first kappa shape index (κ1) is 10.6. The average molecular weight is 240 g/mol. The van der Waals surface area contributed by atoms with E-state index in [9.17, 15) is 0 Å². The molecule has 0 aromatic rings. The van der Waals surface area contributed by atoms with E-state index in [1.54, 1.807) is 6.08 Å². The third kappa shape index (κ3) is 1.60. The number of allylic oxidation sites excluding steroid dienone is 6. The molecule has 84 valence electrons. The van der Waals surface area contributed by atoms with E-state index in [0.717, 1.165) is 18.6 Å². The van der Waals surface area contributed by atoms with Crippen LogP contribution in [0.25, 0.3) is 0 Å². The van der Waals surface area contributed by atoms with Crippen LogP contribution in [-0.2, 0) is 0 Å². The van der Waals surface area contributed by atoms with Gasteiger partial charge in [0, 0.05) is 23.7 Å². The normalized spacial score (nSPS) is 32.3. The molecule has 0 fully saturated rings. The van der Waals surface area contributed by atoms with E-state index in [1.165, 1.54) is 16.8 Å². The van der Waals surface area contributed by atoms with Gasteiger partial charge < -0.3 is 0 Å². The minimum atomic E-state index is 0.0229. The lowest BCUT2D eigenvalue weighted by molar-refractivity contribution is 0.478. The van der Waals surface area contributed by atoms with Crippen LogP contribution in [0.4, 0.5) is 0 Å². The van der Waals surface area contributed by atoms with Gasteiger partial charge in [-0.25, -0.2) is 0 Å². The summed E-state index contributed by atoms with van der Waals surface area (Å²) in [7, 11) is 0. The molecule has 0 radical (unpaired) electrons. The van der Waals surface area contributed by atoms with E-state index in [-0.39, 0.29) is 5.41 Å². The maximum atomic E-state index is 8.80. The number of hydrogen-bond acceptors (Lipinski definition) is 3. The second-order valence-corrected chi connectivity index (χ2v) is 5.36. The summed E-state index contributed by atoms with van der Waals surface area (Å²) in [5.41, 5.74) is 3.76. The van der Waals surface area contributed by atoms with Gasteiger partial charge in [-0.15, -0.1) is 11.8 Å². The van der Waals surface area contributed by atoms with Crippen molar-refractivity contribution in [3.63, 3.8) is 0 Å². The van der Waals surface area contributed by atoms with Crippen molar-refractivity contribution in [2.75, 3.05) is 5.75 Å². The van der Waals surface area contributed by atoms with Crippen molar-refractivity contribution >= 4 is 18.0 Å². The fourth-order valence-corrected chi connectivity index (χ4v) is 3.93. The molecule has 2 nitrogen and oxygen atoms in total. The van der Waals surface area contributed by atoms with Gasteiger partial charge in [0.15, 0.2) is 0 Å². The van der Waals surface area contributed by atoms with Crippen molar-refractivity contribution in [1.29, 1.82) is 5.26 Å². The predicted octanol–water partition coefficient (Wildman–Crippen LogP) is 3.37. The molecule has 3 rings (SSSR count). The standard InChI is InChI=1S/C14H12N2S/c15-6-5-11-3-4-13-14(8-11)10-17-9-12(14)2-1-7-16-13/h1-2,4-5,7,9H,3,8,10H2. The van der Waals surface area contributed by atoms with Gasteiger partial charge in [0.2, 0.25) is 0 Å². The highest BCUT2D eigenvalue weighted by molar-refractivity contribution is 8.02. The van der Waals surface area contributed by atoms with Gasteiger partial charge >= 0.3 is 0 Å². The van der Waals surface area contributed by atoms with Crippen LogP contribution in [0.15, 0.2) is 51.5 Å². The van der Waals surface area contributed by atoms with Gasteiger partial charge in [0.05, 0.1) is 11.5 Å². The Morgan fingerprint density at radius 1 is 1.53 bits per heavy atom. The van der Waals surface area contributed by atoms with Crippen LogP contribution in [0.2, 0.25) is 0 Å². The summed E-state index contributed by atoms with van der Waals surface area (Å²) in [5, 5.41) is 11.0. The third-order valence-electron chi connectivity index (χ3n) is 3.51. The fourth-order valence-electron chi connectivity index (χ4n) is 2.66. The lowest BCUT2D eigenvalue weighted by Gasteiger charge is -2.34. The number of rotatable bonds is 0. The van der Waals surface area contributed by atoms with Crippen molar-refractivity contribution in [1.82, 2.24) is 0 Å². The second kappa shape index (κ2) is 4.05. The number of nitriles is 1. The van der Waals surface area contributed by atoms with Crippen molar-refractivity contribution in [3.05, 3.63) is 46.6 Å². The van der Waals surface area contributed by atoms with E-state index >= 15 is 0 Å². The van der Waals surface area contributed by atoms with E-state index < -0.39 is 0 Å². The zero-order chi connectivity index (χ0) is 11.7. The van der Waals surface area contributed by atoms with Crippen LogP contribution >= 0.6 is 11.8 Å². The Morgan fingerprint density at radius 3 is 3.35 bits per heavy atom. The molecular formula is C14H12N2S. The molecule has 0 saturated carbocycles. The highest BCUT2D eigenvalue weighted by Crippen LogP contribution is 2.53. The highest BCUT2D eigenvalue weighted by Gasteiger charge is 2.43. The molecule has 1 atom stereocenters. The largest absolute Gasteiger partial charge is 0.261 e. The van der Waals surface area contributed by atoms with Crippen molar-refractivity contribution in [2.24, 2.45) is 10.4 Å². The Bertz CT molecular complexity index is 543. The summed E-state index contributed by atoms with van der Waals surface area (Å²) in [6.07, 6.45) is 11.7. The number of thioether (sulfide) groups is 1. The Labute approximate surface area is 105 Å². The van der Waals surface area contributed by atoms with Gasteiger partial charge in [0.25, 0.3) is 0 Å². The molecule has 3 aliphatic rings. The Hall–Kier alpha value is -1.53. The van der Waals surface area contributed by atoms with Gasteiger partial charge in [0.1, 0.15) is 0 Å². The lowest BCUT2D eigenvalue weighted by atomic mass is 9.71. The van der Waals surface area contributed by atoms with Crippen LogP contribution < -0.4 is 0 Å². The van der Waals surface area contributed by atoms with Crippen molar-refractivity contribution in [2.45, 2.75) is 12.8 Å². The van der Waals surface area contributed by atoms with E-state index in [4.69, 9.17) is 5.26 Å². The van der Waals surface area contributed by atoms with Gasteiger partial charge in [-0.05, 0) is 29.9 Å². The van der Waals surface area contributed by atoms with E-state index in [2.05, 4.69) is 28.6 Å². The quantitative estimate of drug-likeness (QED) is 0.609. The first-order valence-electron chi connectivity index (χ1n) is 5.66. The van der Waals surface area contributed by atoms with Crippen LogP contribution in [0.5, 0.6) is 0 Å². The molecule has 1 unspecified atom stereocenters. The molecule has 0 aromatic carbocycles. The maximum absolute atomic E-state index is 8.80. The maximum Gasteiger partial charge on any atom is 0.0911 e. The van der Waals surface area contributed by atoms with E-state index in [1.807, 2.05) is 24.1 Å². The van der Waals surface area contributed by atoms with E-state index in [0.29, 0.717) is 0 Å². The first-order valence-corrected chi connectivity index (χ1v) is 6.71. The third-order valence-corrected chi connectivity index (χ3v) is 4.59. The average Bonchev–Trinajstić information content (AvgIpc) is 2.63. The summed E-state index contributed by atoms with van der Waals surface area (Å²) in [6.45, 7) is 0. The second-order valence-electron chi connectivity index (χ2n) is 4.51. The van der Waals surface area contributed by atoms with Gasteiger partial charge in [-0.3, -0.25) is 4.99 Å². The predicted molar refractivity (Wildman–Crippen MR) is 71.6 cm³/mol. The van der Waals surface area contributed by atoms with Crippen LogP contribution in [-0.4, -0.2) is 12.0 Å². The van der Waals surface area contributed by atoms with Crippen LogP contribution in [0.1, 0.15) is 12.8 Å². The lowest BCUT2D eigenvalue weighted by Crippen LogP contribution is -2.27. The molecule has 1 aliphatic carbocycles. The minimum Gasteiger partial charge on any atom is -0.261 e. The van der Waals surface area contributed by atoms with Crippen LogP contribution in [0.3, 0.4) is 0 Å². The van der Waals surface area contributed by atoms with Gasteiger partial charge in [-0.1, -0.05) is 17.7 Å². The summed E-state index contributed by atoms with van der Waals surface area (Å²) in [5.74, 6) is 1.04. The topological polar surface area (TPSA) is 36.1 Å². The summed E-state index contributed by atoms with van der Waals surface area (Å²) >= 11 is 1.85. The zero-order valence-corrected chi connectivity index (χ0v) is 10.2. The van der Waals surface area contributed by atoms with Crippen molar-refractivity contribution < 1.29 is 0 Å². The summed E-state index contributed by atoms with van der Waals surface area (Å²) < 4.78 is 0. The van der Waals surface area contributed by atoms with Crippen LogP contribution in [0, 0.1) is 16.7 Å². The monoisotopic (exact) mass is 240 g/mol. The molecule has 17 heavy (non-hydrogen) atoms. The Balaban J connectivity index is 2.11. The Kier molecular flexibility index (Phi) is 2.53. The highest BCUT2D eigenvalue weighted by atomic mass is 32.2. The van der Waals surface area contributed by atoms with Gasteiger partial charge in [-0.2, -0.15) is 5.26 Å². The molecule has 0 N–H and O–H groups in total. The van der Waals surface area contributed by atoms with Crippen molar-refractivity contribution in [3.8, 4) is 6.07 Å². The Morgan fingerprint density at radius 2 is 2.47 bits per heavy atom. The zero-order valence-electron chi connectivity index (χ0n) is 9.39. The molecule has 2 aliphatic heterocycles. The fraction of sp³-hybridized carbons (Fsp3) is 0.286. The molecular weight excluding hydrogens is 228 g/mol. The molecule has 1 spiro atoms. The smallest absolute Gasteiger partial charge is 0.0911 e. The number of nitrogens with zero attached hydrogens (tertiary/aromatic N) is 2. The molecule has 2 heterocycles. The first-order chi connectivity index (χ1) is 8.35. The number of hydrogen-bond donors (Lipinski definition) is 0. The molecule has 0 aromatic heterocycles. The number of aliphatic imine (C=N–C) groups is 1. The molecule has 0 saturated heterocycles. The molecule has 3 heteroatoms.